The van der Waals surface area contributed by atoms with E-state index in [1.54, 1.807) is 6.20 Å². The minimum atomic E-state index is -0.0118. The second kappa shape index (κ2) is 9.63. The van der Waals surface area contributed by atoms with Crippen molar-refractivity contribution in [1.82, 2.24) is 4.98 Å². The van der Waals surface area contributed by atoms with E-state index in [4.69, 9.17) is 9.72 Å². The van der Waals surface area contributed by atoms with E-state index >= 15 is 0 Å². The lowest BCUT2D eigenvalue weighted by Gasteiger charge is -2.25. The maximum Gasteiger partial charge on any atom is 0.196 e. The molecule has 4 heteroatoms. The van der Waals surface area contributed by atoms with Crippen molar-refractivity contribution in [3.8, 4) is 22.8 Å². The van der Waals surface area contributed by atoms with Gasteiger partial charge in [-0.2, -0.15) is 0 Å². The van der Waals surface area contributed by atoms with Crippen LogP contribution in [0.15, 0.2) is 79.0 Å². The van der Waals surface area contributed by atoms with Crippen LogP contribution in [0.5, 0.6) is 11.5 Å². The van der Waals surface area contributed by atoms with Crippen LogP contribution in [0, 0.1) is 20.8 Å². The molecule has 4 nitrogen and oxygen atoms in total. The van der Waals surface area contributed by atoms with Gasteiger partial charge in [0.2, 0.25) is 0 Å². The molecular weight excluding hydrogens is 492 g/mol. The monoisotopic (exact) mass is 526 g/mol. The maximum absolute atomic E-state index is 14.0. The molecule has 200 valence electrons. The average Bonchev–Trinajstić information content (AvgIpc) is 2.94. The number of anilines is 2. The van der Waals surface area contributed by atoms with E-state index in [0.29, 0.717) is 16.9 Å². The van der Waals surface area contributed by atoms with Gasteiger partial charge in [0.1, 0.15) is 11.5 Å². The molecule has 0 amide bonds. The molecule has 1 aliphatic rings. The quantitative estimate of drug-likeness (QED) is 0.235. The van der Waals surface area contributed by atoms with E-state index in [1.165, 1.54) is 11.1 Å². The highest BCUT2D eigenvalue weighted by Gasteiger charge is 2.30. The van der Waals surface area contributed by atoms with Gasteiger partial charge in [-0.15, -0.1) is 0 Å². The number of pyridine rings is 1. The van der Waals surface area contributed by atoms with Crippen LogP contribution in [0.2, 0.25) is 0 Å². The molecule has 40 heavy (non-hydrogen) atoms. The molecule has 0 aliphatic heterocycles. The molecule has 0 unspecified atom stereocenters. The van der Waals surface area contributed by atoms with Crippen molar-refractivity contribution in [2.75, 3.05) is 5.32 Å². The summed E-state index contributed by atoms with van der Waals surface area (Å²) in [6.45, 7) is 13.0. The topological polar surface area (TPSA) is 51.2 Å². The van der Waals surface area contributed by atoms with Gasteiger partial charge < -0.3 is 10.1 Å². The molecular formula is C36H34N2O2. The standard InChI is InChI=1S/C36H34N2O2/c1-7-36(5,6)24-12-15-30(23(4)20-24)40-31-16-13-27-32-25(31)17-18-37-34(32)26-9-8-10-29(33(26)35(27)39)38-28-14-11-21(2)19-22(28)3/h8-20,38H,7H2,1-6H3. The lowest BCUT2D eigenvalue weighted by molar-refractivity contribution is 0.104. The van der Waals surface area contributed by atoms with Gasteiger partial charge in [-0.3, -0.25) is 9.78 Å². The third-order valence-electron chi connectivity index (χ3n) is 8.39. The van der Waals surface area contributed by atoms with Gasteiger partial charge in [0.05, 0.1) is 16.9 Å². The van der Waals surface area contributed by atoms with Crippen molar-refractivity contribution in [1.29, 1.82) is 0 Å². The largest absolute Gasteiger partial charge is 0.456 e. The minimum Gasteiger partial charge on any atom is -0.456 e. The highest BCUT2D eigenvalue weighted by Crippen LogP contribution is 2.45. The predicted octanol–water partition coefficient (Wildman–Crippen LogP) is 9.59. The Bertz CT molecular complexity index is 1820. The maximum atomic E-state index is 14.0. The Morgan fingerprint density at radius 2 is 1.62 bits per heavy atom. The third kappa shape index (κ3) is 4.24. The molecule has 6 rings (SSSR count). The number of hydrogen-bond acceptors (Lipinski definition) is 4. The Balaban J connectivity index is 1.43. The molecule has 0 radical (unpaired) electrons. The van der Waals surface area contributed by atoms with E-state index in [0.717, 1.165) is 56.7 Å². The summed E-state index contributed by atoms with van der Waals surface area (Å²) in [4.78, 5) is 18.8. The molecule has 4 aromatic carbocycles. The molecule has 1 N–H and O–H groups in total. The first-order chi connectivity index (χ1) is 19.2. The number of nitrogens with zero attached hydrogens (tertiary/aromatic N) is 1. The molecule has 0 fully saturated rings. The summed E-state index contributed by atoms with van der Waals surface area (Å²) in [6, 6.07) is 24.4. The van der Waals surface area contributed by atoms with Crippen molar-refractivity contribution < 1.29 is 9.53 Å². The number of fused-ring (bicyclic) bond motifs is 2. The van der Waals surface area contributed by atoms with Crippen LogP contribution in [0.25, 0.3) is 22.0 Å². The van der Waals surface area contributed by atoms with Gasteiger partial charge in [0.25, 0.3) is 0 Å². The van der Waals surface area contributed by atoms with Crippen molar-refractivity contribution in [3.63, 3.8) is 0 Å². The number of nitrogens with one attached hydrogen (secondary N) is 1. The van der Waals surface area contributed by atoms with Crippen molar-refractivity contribution in [3.05, 3.63) is 112 Å². The second-order valence-electron chi connectivity index (χ2n) is 11.5. The fourth-order valence-corrected chi connectivity index (χ4v) is 5.59. The molecule has 0 bridgehead atoms. The second-order valence-corrected chi connectivity index (χ2v) is 11.5. The highest BCUT2D eigenvalue weighted by atomic mass is 16.5. The molecule has 0 saturated heterocycles. The van der Waals surface area contributed by atoms with Crippen molar-refractivity contribution in [2.24, 2.45) is 0 Å². The zero-order valence-corrected chi connectivity index (χ0v) is 24.0. The summed E-state index contributed by atoms with van der Waals surface area (Å²) in [7, 11) is 0. The Morgan fingerprint density at radius 3 is 2.38 bits per heavy atom. The van der Waals surface area contributed by atoms with E-state index < -0.39 is 0 Å². The number of carbonyl (C=O) groups excluding carboxylic acids is 1. The van der Waals surface area contributed by atoms with Crippen LogP contribution in [-0.2, 0) is 5.41 Å². The van der Waals surface area contributed by atoms with Crippen molar-refractivity contribution in [2.45, 2.75) is 53.4 Å². The van der Waals surface area contributed by atoms with E-state index in [2.05, 4.69) is 83.3 Å². The molecule has 1 aromatic heterocycles. The van der Waals surface area contributed by atoms with Gasteiger partial charge >= 0.3 is 0 Å². The molecule has 0 spiro atoms. The summed E-state index contributed by atoms with van der Waals surface area (Å²) in [5.41, 5.74) is 9.51. The van der Waals surface area contributed by atoms with Gasteiger partial charge in [0.15, 0.2) is 5.78 Å². The zero-order valence-electron chi connectivity index (χ0n) is 24.0. The number of ketones is 1. The third-order valence-corrected chi connectivity index (χ3v) is 8.39. The Kier molecular flexibility index (Phi) is 6.22. The fraction of sp³-hybridized carbons (Fsp3) is 0.222. The highest BCUT2D eigenvalue weighted by molar-refractivity contribution is 6.28. The van der Waals surface area contributed by atoms with Gasteiger partial charge in [-0.25, -0.2) is 0 Å². The molecule has 0 atom stereocenters. The SMILES string of the molecule is CCC(C)(C)c1ccc(Oc2ccc3c4c(nccc24)-c2cccc(Nc4ccc(C)cc4C)c2C3=O)c(C)c1. The van der Waals surface area contributed by atoms with Crippen LogP contribution in [0.4, 0.5) is 11.4 Å². The van der Waals surface area contributed by atoms with Crippen molar-refractivity contribution >= 4 is 27.9 Å². The fourth-order valence-electron chi connectivity index (χ4n) is 5.59. The molecule has 1 aliphatic carbocycles. The summed E-state index contributed by atoms with van der Waals surface area (Å²) >= 11 is 0. The smallest absolute Gasteiger partial charge is 0.196 e. The Morgan fingerprint density at radius 1 is 0.825 bits per heavy atom. The number of aryl methyl sites for hydroxylation is 3. The zero-order chi connectivity index (χ0) is 28.2. The Hall–Kier alpha value is -4.44. The number of carbonyl (C=O) groups is 1. The summed E-state index contributed by atoms with van der Waals surface area (Å²) in [6.07, 6.45) is 2.86. The van der Waals surface area contributed by atoms with E-state index in [9.17, 15) is 4.79 Å². The number of hydrogen-bond donors (Lipinski definition) is 1. The van der Waals surface area contributed by atoms with Gasteiger partial charge in [-0.05, 0) is 85.7 Å². The first-order valence-electron chi connectivity index (χ1n) is 13.9. The molecule has 0 saturated carbocycles. The first-order valence-corrected chi connectivity index (χ1v) is 13.9. The van der Waals surface area contributed by atoms with E-state index in [-0.39, 0.29) is 11.2 Å². The molecule has 5 aromatic rings. The predicted molar refractivity (Wildman–Crippen MR) is 164 cm³/mol. The normalized spacial score (nSPS) is 12.4. The van der Waals surface area contributed by atoms with Crippen LogP contribution in [0.1, 0.15) is 65.4 Å². The van der Waals surface area contributed by atoms with E-state index in [1.807, 2.05) is 36.4 Å². The van der Waals surface area contributed by atoms with Crippen LogP contribution in [0.3, 0.4) is 0 Å². The van der Waals surface area contributed by atoms with Crippen LogP contribution < -0.4 is 10.1 Å². The summed E-state index contributed by atoms with van der Waals surface area (Å²) < 4.78 is 6.50. The number of ether oxygens (including phenoxy) is 1. The number of rotatable bonds is 6. The van der Waals surface area contributed by atoms with Crippen LogP contribution in [-0.4, -0.2) is 10.8 Å². The summed E-state index contributed by atoms with van der Waals surface area (Å²) in [5.74, 6) is 1.52. The lowest BCUT2D eigenvalue weighted by Crippen LogP contribution is -2.15. The van der Waals surface area contributed by atoms with Crippen LogP contribution >= 0.6 is 0 Å². The first kappa shape index (κ1) is 25.8. The van der Waals surface area contributed by atoms with Gasteiger partial charge in [-0.1, -0.05) is 62.7 Å². The van der Waals surface area contributed by atoms with Gasteiger partial charge in [0, 0.05) is 33.8 Å². The minimum absolute atomic E-state index is 0.0118. The molecule has 1 heterocycles. The average molecular weight is 527 g/mol. The number of aromatic nitrogens is 1. The lowest BCUT2D eigenvalue weighted by atomic mass is 9.81. The Labute approximate surface area is 236 Å². The summed E-state index contributed by atoms with van der Waals surface area (Å²) in [5, 5.41) is 5.23. The number of benzene rings is 4.